The number of unbranched alkanes of at least 4 members (excludes halogenated alkanes) is 6. The van der Waals surface area contributed by atoms with E-state index in [1.54, 1.807) is 12.1 Å². The maximum absolute atomic E-state index is 12.8. The Bertz CT molecular complexity index is 1500. The molecule has 0 aromatic heterocycles. The van der Waals surface area contributed by atoms with Gasteiger partial charge in [-0.3, -0.25) is 0 Å². The van der Waals surface area contributed by atoms with Gasteiger partial charge in [0, 0.05) is 12.2 Å². The van der Waals surface area contributed by atoms with Crippen molar-refractivity contribution in [2.45, 2.75) is 89.1 Å². The maximum atomic E-state index is 12.8. The Kier molecular flexibility index (Phi) is 16.9. The van der Waals surface area contributed by atoms with Gasteiger partial charge in [0.05, 0.1) is 32.0 Å². The molecule has 0 N–H and O–H groups in total. The Morgan fingerprint density at radius 3 is 1.45 bits per heavy atom. The molecule has 0 aliphatic heterocycles. The van der Waals surface area contributed by atoms with Gasteiger partial charge in [-0.1, -0.05) is 49.6 Å². The molecule has 0 atom stereocenters. The van der Waals surface area contributed by atoms with E-state index in [2.05, 4.69) is 49.6 Å². The zero-order valence-corrected chi connectivity index (χ0v) is 29.7. The second kappa shape index (κ2) is 22.1. The number of esters is 3. The summed E-state index contributed by atoms with van der Waals surface area (Å²) in [5, 5.41) is 0. The van der Waals surface area contributed by atoms with Gasteiger partial charge in [0.15, 0.2) is 0 Å². The summed E-state index contributed by atoms with van der Waals surface area (Å²) in [7, 11) is 0. The van der Waals surface area contributed by atoms with Crippen LogP contribution in [0.5, 0.6) is 11.5 Å². The summed E-state index contributed by atoms with van der Waals surface area (Å²) in [6, 6.07) is 24.2. The summed E-state index contributed by atoms with van der Waals surface area (Å²) in [6.45, 7) is 8.87. The number of carbonyl (C=O) groups is 3. The van der Waals surface area contributed by atoms with Gasteiger partial charge >= 0.3 is 17.9 Å². The highest BCUT2D eigenvalue weighted by Gasteiger charge is 2.25. The third-order valence-electron chi connectivity index (χ3n) is 9.04. The highest BCUT2D eigenvalue weighted by molar-refractivity contribution is 5.89. The number of benzene rings is 3. The first-order valence-electron chi connectivity index (χ1n) is 18.3. The molecule has 3 aromatic carbocycles. The minimum Gasteiger partial charge on any atom is -0.494 e. The second-order valence-electron chi connectivity index (χ2n) is 12.8. The van der Waals surface area contributed by atoms with Gasteiger partial charge in [0.1, 0.15) is 17.6 Å². The highest BCUT2D eigenvalue weighted by Crippen LogP contribution is 2.35. The lowest BCUT2D eigenvalue weighted by Gasteiger charge is -2.28. The van der Waals surface area contributed by atoms with E-state index >= 15 is 0 Å². The molecule has 272 valence electrons. The van der Waals surface area contributed by atoms with Crippen LogP contribution in [-0.2, 0) is 23.8 Å². The molecule has 0 heterocycles. The Morgan fingerprint density at radius 2 is 0.980 bits per heavy atom. The molecule has 0 amide bonds. The smallest absolute Gasteiger partial charge is 0.338 e. The SMILES string of the molecule is C=CC(=O)OCCCCCCOc1ccc(C(=O)O[C@H]2CC[C@H](c3ccc(-c4ccc(OCCCCCCOC(=O)C=C)cc4)cc3)CC2)cc1. The topological polar surface area (TPSA) is 97.4 Å². The molecule has 3 aromatic rings. The number of rotatable bonds is 22. The lowest BCUT2D eigenvalue weighted by Crippen LogP contribution is -2.24. The third kappa shape index (κ3) is 14.1. The maximum Gasteiger partial charge on any atom is 0.338 e. The highest BCUT2D eigenvalue weighted by atomic mass is 16.5. The molecule has 1 saturated carbocycles. The van der Waals surface area contributed by atoms with Crippen LogP contribution in [0.15, 0.2) is 98.1 Å². The van der Waals surface area contributed by atoms with E-state index in [1.807, 2.05) is 24.3 Å². The molecule has 1 fully saturated rings. The number of carbonyl (C=O) groups excluding carboxylic acids is 3. The Balaban J connectivity index is 1.09. The average molecular weight is 697 g/mol. The summed E-state index contributed by atoms with van der Waals surface area (Å²) in [5.74, 6) is 1.01. The molecule has 0 radical (unpaired) electrons. The fourth-order valence-corrected chi connectivity index (χ4v) is 6.07. The van der Waals surface area contributed by atoms with Crippen molar-refractivity contribution in [2.24, 2.45) is 0 Å². The molecule has 0 saturated heterocycles. The zero-order valence-electron chi connectivity index (χ0n) is 29.7. The van der Waals surface area contributed by atoms with Crippen LogP contribution in [0, 0.1) is 0 Å². The third-order valence-corrected chi connectivity index (χ3v) is 9.04. The van der Waals surface area contributed by atoms with Crippen molar-refractivity contribution >= 4 is 17.9 Å². The first-order chi connectivity index (χ1) is 24.9. The van der Waals surface area contributed by atoms with Crippen molar-refractivity contribution in [1.29, 1.82) is 0 Å². The van der Waals surface area contributed by atoms with Gasteiger partial charge < -0.3 is 23.7 Å². The monoisotopic (exact) mass is 696 g/mol. The predicted molar refractivity (Wildman–Crippen MR) is 199 cm³/mol. The van der Waals surface area contributed by atoms with Gasteiger partial charge in [-0.2, -0.15) is 0 Å². The molecule has 1 aliphatic carbocycles. The Morgan fingerprint density at radius 1 is 0.549 bits per heavy atom. The molecule has 8 nitrogen and oxygen atoms in total. The average Bonchev–Trinajstić information content (AvgIpc) is 3.17. The van der Waals surface area contributed by atoms with E-state index in [0.29, 0.717) is 37.9 Å². The summed E-state index contributed by atoms with van der Waals surface area (Å²) in [6.07, 6.45) is 13.5. The van der Waals surface area contributed by atoms with Gasteiger partial charge in [-0.15, -0.1) is 0 Å². The largest absolute Gasteiger partial charge is 0.494 e. The lowest BCUT2D eigenvalue weighted by atomic mass is 9.82. The molecular formula is C43H52O8. The predicted octanol–water partition coefficient (Wildman–Crippen LogP) is 9.57. The van der Waals surface area contributed by atoms with Gasteiger partial charge in [-0.25, -0.2) is 14.4 Å². The molecule has 4 rings (SSSR count). The van der Waals surface area contributed by atoms with Crippen molar-refractivity contribution in [3.8, 4) is 22.6 Å². The molecule has 0 spiro atoms. The van der Waals surface area contributed by atoms with E-state index in [0.717, 1.165) is 94.1 Å². The van der Waals surface area contributed by atoms with Crippen LogP contribution < -0.4 is 9.47 Å². The summed E-state index contributed by atoms with van der Waals surface area (Å²) < 4.78 is 27.6. The number of hydrogen-bond donors (Lipinski definition) is 0. The zero-order chi connectivity index (χ0) is 36.1. The molecule has 0 bridgehead atoms. The molecule has 0 unspecified atom stereocenters. The van der Waals surface area contributed by atoms with E-state index in [9.17, 15) is 14.4 Å². The number of hydrogen-bond acceptors (Lipinski definition) is 8. The second-order valence-corrected chi connectivity index (χ2v) is 12.8. The van der Waals surface area contributed by atoms with Crippen LogP contribution in [0.1, 0.15) is 98.9 Å². The quantitative estimate of drug-likeness (QED) is 0.0444. The van der Waals surface area contributed by atoms with E-state index < -0.39 is 0 Å². The molecular weight excluding hydrogens is 644 g/mol. The summed E-state index contributed by atoms with van der Waals surface area (Å²) in [5.41, 5.74) is 4.18. The first-order valence-corrected chi connectivity index (χ1v) is 18.3. The van der Waals surface area contributed by atoms with Crippen molar-refractivity contribution in [3.05, 3.63) is 109 Å². The lowest BCUT2D eigenvalue weighted by molar-refractivity contribution is -0.138. The van der Waals surface area contributed by atoms with Crippen LogP contribution >= 0.6 is 0 Å². The Labute approximate surface area is 302 Å². The van der Waals surface area contributed by atoms with Crippen LogP contribution in [0.4, 0.5) is 0 Å². The summed E-state index contributed by atoms with van der Waals surface area (Å²) in [4.78, 5) is 34.9. The van der Waals surface area contributed by atoms with Crippen molar-refractivity contribution < 1.29 is 38.1 Å². The van der Waals surface area contributed by atoms with Crippen molar-refractivity contribution in [3.63, 3.8) is 0 Å². The molecule has 1 aliphatic rings. The fraction of sp³-hybridized carbons (Fsp3) is 0.419. The minimum absolute atomic E-state index is 0.0705. The fourth-order valence-electron chi connectivity index (χ4n) is 6.07. The van der Waals surface area contributed by atoms with Crippen molar-refractivity contribution in [1.82, 2.24) is 0 Å². The number of ether oxygens (including phenoxy) is 5. The first kappa shape index (κ1) is 38.9. The van der Waals surface area contributed by atoms with Crippen LogP contribution in [0.25, 0.3) is 11.1 Å². The van der Waals surface area contributed by atoms with Gasteiger partial charge in [0.25, 0.3) is 0 Å². The van der Waals surface area contributed by atoms with E-state index in [4.69, 9.17) is 23.7 Å². The van der Waals surface area contributed by atoms with E-state index in [-0.39, 0.29) is 24.0 Å². The van der Waals surface area contributed by atoms with Crippen LogP contribution in [0.3, 0.4) is 0 Å². The van der Waals surface area contributed by atoms with Crippen molar-refractivity contribution in [2.75, 3.05) is 26.4 Å². The molecule has 8 heteroatoms. The van der Waals surface area contributed by atoms with Crippen LogP contribution in [-0.4, -0.2) is 50.4 Å². The van der Waals surface area contributed by atoms with Gasteiger partial charge in [0.2, 0.25) is 0 Å². The minimum atomic E-state index is -0.383. The molecule has 51 heavy (non-hydrogen) atoms. The normalized spacial score (nSPS) is 15.3. The Hall–Kier alpha value is -4.85. The van der Waals surface area contributed by atoms with Crippen LogP contribution in [0.2, 0.25) is 0 Å². The van der Waals surface area contributed by atoms with Gasteiger partial charge in [-0.05, 0) is 136 Å². The van der Waals surface area contributed by atoms with E-state index in [1.165, 1.54) is 23.3 Å². The standard InChI is InChI=1S/C43H52O8/c1-3-41(44)49-31-11-7-5-9-29-47-38-23-17-35(18-24-38)33-13-15-34(16-14-33)36-19-27-40(28-20-36)51-43(46)37-21-25-39(26-22-37)48-30-10-6-8-12-32-50-42(45)4-2/h3-4,13-18,21-26,36,40H,1-2,5-12,19-20,27-32H2/t36-,40-. The summed E-state index contributed by atoms with van der Waals surface area (Å²) >= 11 is 0.